The summed E-state index contributed by atoms with van der Waals surface area (Å²) in [5.74, 6) is 1.42. The van der Waals surface area contributed by atoms with Gasteiger partial charge < -0.3 is 19.7 Å². The molecule has 4 rings (SSSR count). The monoisotopic (exact) mass is 366 g/mol. The number of nitrogens with one attached hydrogen (secondary N) is 1. The summed E-state index contributed by atoms with van der Waals surface area (Å²) in [6, 6.07) is 13.0. The van der Waals surface area contributed by atoms with E-state index in [1.165, 1.54) is 0 Å². The summed E-state index contributed by atoms with van der Waals surface area (Å²) in [5, 5.41) is 2.90. The Bertz CT molecular complexity index is 848. The van der Waals surface area contributed by atoms with Crippen LogP contribution in [0.4, 0.5) is 11.4 Å². The standard InChI is InChI=1S/C21H22N2O4/c24-20(22-16-6-9-18-19(14-16)27-12-2-11-26-18)13-15-4-7-17(8-5-15)23-10-1-3-21(23)25/h4-9,14H,1-3,10-13H2,(H,22,24). The summed E-state index contributed by atoms with van der Waals surface area (Å²) in [5.41, 5.74) is 2.48. The number of nitrogens with zero attached hydrogens (tertiary/aromatic N) is 1. The number of ether oxygens (including phenoxy) is 2. The highest BCUT2D eigenvalue weighted by atomic mass is 16.5. The molecule has 2 aliphatic rings. The second kappa shape index (κ2) is 7.70. The Morgan fingerprint density at radius 2 is 1.78 bits per heavy atom. The van der Waals surface area contributed by atoms with Crippen molar-refractivity contribution in [2.24, 2.45) is 0 Å². The first kappa shape index (κ1) is 17.4. The number of carbonyl (C=O) groups is 2. The molecular formula is C21H22N2O4. The first-order valence-corrected chi connectivity index (χ1v) is 9.28. The summed E-state index contributed by atoms with van der Waals surface area (Å²) in [6.45, 7) is 2.01. The maximum atomic E-state index is 12.4. The Labute approximate surface area is 158 Å². The lowest BCUT2D eigenvalue weighted by Gasteiger charge is -2.16. The molecule has 2 aromatic carbocycles. The van der Waals surface area contributed by atoms with Crippen LogP contribution in [0.15, 0.2) is 42.5 Å². The largest absolute Gasteiger partial charge is 0.490 e. The summed E-state index contributed by atoms with van der Waals surface area (Å²) in [6.07, 6.45) is 2.62. The normalized spacial score (nSPS) is 16.1. The van der Waals surface area contributed by atoms with Crippen molar-refractivity contribution in [1.29, 1.82) is 0 Å². The molecule has 2 amide bonds. The number of anilines is 2. The van der Waals surface area contributed by atoms with Crippen LogP contribution in [0.25, 0.3) is 0 Å². The number of carbonyl (C=O) groups excluding carboxylic acids is 2. The Morgan fingerprint density at radius 3 is 2.52 bits per heavy atom. The van der Waals surface area contributed by atoms with Gasteiger partial charge in [0, 0.05) is 36.8 Å². The van der Waals surface area contributed by atoms with E-state index in [0.29, 0.717) is 36.8 Å². The highest BCUT2D eigenvalue weighted by Gasteiger charge is 2.21. The minimum atomic E-state index is -0.102. The molecule has 0 aromatic heterocycles. The van der Waals surface area contributed by atoms with Gasteiger partial charge in [-0.25, -0.2) is 0 Å². The van der Waals surface area contributed by atoms with Crippen LogP contribution in [0.1, 0.15) is 24.8 Å². The van der Waals surface area contributed by atoms with Crippen molar-refractivity contribution in [3.05, 3.63) is 48.0 Å². The van der Waals surface area contributed by atoms with Gasteiger partial charge in [-0.15, -0.1) is 0 Å². The van der Waals surface area contributed by atoms with Gasteiger partial charge in [0.15, 0.2) is 11.5 Å². The SMILES string of the molecule is O=C(Cc1ccc(N2CCCC2=O)cc1)Nc1ccc2c(c1)OCCCO2. The van der Waals surface area contributed by atoms with E-state index in [4.69, 9.17) is 9.47 Å². The van der Waals surface area contributed by atoms with Crippen LogP contribution in [0.5, 0.6) is 11.5 Å². The molecule has 27 heavy (non-hydrogen) atoms. The lowest BCUT2D eigenvalue weighted by atomic mass is 10.1. The van der Waals surface area contributed by atoms with E-state index in [1.54, 1.807) is 11.0 Å². The number of benzene rings is 2. The van der Waals surface area contributed by atoms with Crippen molar-refractivity contribution in [2.45, 2.75) is 25.7 Å². The second-order valence-electron chi connectivity index (χ2n) is 6.75. The van der Waals surface area contributed by atoms with Crippen molar-refractivity contribution >= 4 is 23.2 Å². The lowest BCUT2D eigenvalue weighted by molar-refractivity contribution is -0.117. The van der Waals surface area contributed by atoms with E-state index in [1.807, 2.05) is 36.4 Å². The van der Waals surface area contributed by atoms with Gasteiger partial charge in [0.2, 0.25) is 11.8 Å². The van der Waals surface area contributed by atoms with E-state index in [0.717, 1.165) is 30.6 Å². The van der Waals surface area contributed by atoms with Gasteiger partial charge >= 0.3 is 0 Å². The number of hydrogen-bond donors (Lipinski definition) is 1. The maximum absolute atomic E-state index is 12.4. The zero-order chi connectivity index (χ0) is 18.6. The second-order valence-corrected chi connectivity index (χ2v) is 6.75. The molecule has 6 nitrogen and oxygen atoms in total. The van der Waals surface area contributed by atoms with E-state index in [9.17, 15) is 9.59 Å². The molecule has 0 radical (unpaired) electrons. The third kappa shape index (κ3) is 4.05. The molecule has 1 saturated heterocycles. The summed E-state index contributed by atoms with van der Waals surface area (Å²) < 4.78 is 11.3. The van der Waals surface area contributed by atoms with Gasteiger partial charge in [-0.3, -0.25) is 9.59 Å². The molecule has 0 spiro atoms. The van der Waals surface area contributed by atoms with Gasteiger partial charge in [0.25, 0.3) is 0 Å². The number of hydrogen-bond acceptors (Lipinski definition) is 4. The number of amides is 2. The van der Waals surface area contributed by atoms with E-state index >= 15 is 0 Å². The van der Waals surface area contributed by atoms with Crippen LogP contribution < -0.4 is 19.7 Å². The Kier molecular flexibility index (Phi) is 4.96. The van der Waals surface area contributed by atoms with Crippen LogP contribution in [-0.2, 0) is 16.0 Å². The van der Waals surface area contributed by atoms with Crippen LogP contribution in [-0.4, -0.2) is 31.6 Å². The molecule has 1 fully saturated rings. The summed E-state index contributed by atoms with van der Waals surface area (Å²) in [7, 11) is 0. The summed E-state index contributed by atoms with van der Waals surface area (Å²) in [4.78, 5) is 26.0. The molecule has 2 heterocycles. The predicted octanol–water partition coefficient (Wildman–Crippen LogP) is 3.16. The zero-order valence-corrected chi connectivity index (χ0v) is 15.1. The Morgan fingerprint density at radius 1 is 1.00 bits per heavy atom. The van der Waals surface area contributed by atoms with Crippen molar-refractivity contribution in [1.82, 2.24) is 0 Å². The van der Waals surface area contributed by atoms with Crippen LogP contribution in [0.3, 0.4) is 0 Å². The Balaban J connectivity index is 1.38. The molecular weight excluding hydrogens is 344 g/mol. The van der Waals surface area contributed by atoms with Gasteiger partial charge in [0.1, 0.15) is 0 Å². The third-order valence-corrected chi connectivity index (χ3v) is 4.72. The van der Waals surface area contributed by atoms with Crippen LogP contribution in [0.2, 0.25) is 0 Å². The molecule has 6 heteroatoms. The first-order valence-electron chi connectivity index (χ1n) is 9.28. The fourth-order valence-electron chi connectivity index (χ4n) is 3.35. The van der Waals surface area contributed by atoms with Gasteiger partial charge in [-0.1, -0.05) is 12.1 Å². The lowest BCUT2D eigenvalue weighted by Crippen LogP contribution is -2.23. The van der Waals surface area contributed by atoms with Crippen molar-refractivity contribution in [2.75, 3.05) is 30.0 Å². The topological polar surface area (TPSA) is 67.9 Å². The van der Waals surface area contributed by atoms with Crippen molar-refractivity contribution < 1.29 is 19.1 Å². The van der Waals surface area contributed by atoms with E-state index in [-0.39, 0.29) is 18.2 Å². The number of fused-ring (bicyclic) bond motifs is 1. The van der Waals surface area contributed by atoms with Crippen molar-refractivity contribution in [3.8, 4) is 11.5 Å². The highest BCUT2D eigenvalue weighted by Crippen LogP contribution is 2.32. The zero-order valence-electron chi connectivity index (χ0n) is 15.1. The average molecular weight is 366 g/mol. The van der Waals surface area contributed by atoms with Crippen molar-refractivity contribution in [3.63, 3.8) is 0 Å². The quantitative estimate of drug-likeness (QED) is 0.903. The first-order chi connectivity index (χ1) is 13.2. The molecule has 1 N–H and O–H groups in total. The molecule has 0 atom stereocenters. The average Bonchev–Trinajstić information content (AvgIpc) is 2.95. The minimum absolute atomic E-state index is 0.102. The molecule has 0 bridgehead atoms. The minimum Gasteiger partial charge on any atom is -0.490 e. The Hall–Kier alpha value is -3.02. The van der Waals surface area contributed by atoms with Crippen LogP contribution >= 0.6 is 0 Å². The molecule has 2 aromatic rings. The smallest absolute Gasteiger partial charge is 0.228 e. The van der Waals surface area contributed by atoms with E-state index in [2.05, 4.69) is 5.32 Å². The maximum Gasteiger partial charge on any atom is 0.228 e. The molecule has 2 aliphatic heterocycles. The van der Waals surface area contributed by atoms with Gasteiger partial charge in [0.05, 0.1) is 19.6 Å². The molecule has 0 unspecified atom stereocenters. The third-order valence-electron chi connectivity index (χ3n) is 4.72. The van der Waals surface area contributed by atoms with E-state index < -0.39 is 0 Å². The van der Waals surface area contributed by atoms with Gasteiger partial charge in [-0.2, -0.15) is 0 Å². The van der Waals surface area contributed by atoms with Crippen LogP contribution in [0, 0.1) is 0 Å². The fraction of sp³-hybridized carbons (Fsp3) is 0.333. The fourth-order valence-corrected chi connectivity index (χ4v) is 3.35. The molecule has 140 valence electrons. The molecule has 0 aliphatic carbocycles. The van der Waals surface area contributed by atoms with Gasteiger partial charge in [-0.05, 0) is 36.2 Å². The number of rotatable bonds is 4. The molecule has 0 saturated carbocycles. The highest BCUT2D eigenvalue weighted by molar-refractivity contribution is 5.95. The summed E-state index contributed by atoms with van der Waals surface area (Å²) >= 11 is 0. The predicted molar refractivity (Wildman–Crippen MR) is 102 cm³/mol.